The summed E-state index contributed by atoms with van der Waals surface area (Å²) in [5.74, 6) is -3.82. The average molecular weight is 466 g/mol. The van der Waals surface area contributed by atoms with Crippen LogP contribution >= 0.6 is 0 Å². The number of nitro benzene ring substituents is 2. The van der Waals surface area contributed by atoms with Crippen molar-refractivity contribution in [1.82, 2.24) is 0 Å². The number of hydrogen-bond donors (Lipinski definition) is 3. The van der Waals surface area contributed by atoms with Crippen LogP contribution in [0.15, 0.2) is 42.5 Å². The summed E-state index contributed by atoms with van der Waals surface area (Å²) < 4.78 is 11.4. The molecular formula is C21H10N2O11. The molecule has 0 unspecified atom stereocenters. The van der Waals surface area contributed by atoms with E-state index in [1.807, 2.05) is 0 Å². The van der Waals surface area contributed by atoms with Gasteiger partial charge in [0, 0.05) is 34.9 Å². The number of rotatable bonds is 3. The van der Waals surface area contributed by atoms with E-state index in [1.165, 1.54) is 24.3 Å². The molecule has 0 saturated carbocycles. The van der Waals surface area contributed by atoms with E-state index in [2.05, 4.69) is 0 Å². The first-order valence-electron chi connectivity index (χ1n) is 9.38. The third-order valence-electron chi connectivity index (χ3n) is 5.61. The van der Waals surface area contributed by atoms with Gasteiger partial charge in [-0.05, 0) is 24.3 Å². The number of benzene rings is 3. The van der Waals surface area contributed by atoms with Crippen LogP contribution in [-0.4, -0.2) is 37.1 Å². The Morgan fingerprint density at radius 2 is 1.44 bits per heavy atom. The summed E-state index contributed by atoms with van der Waals surface area (Å²) in [5.41, 5.74) is -6.69. The molecule has 2 heterocycles. The lowest BCUT2D eigenvalue weighted by Gasteiger charge is -2.36. The van der Waals surface area contributed by atoms with Crippen LogP contribution < -0.4 is 4.74 Å². The van der Waals surface area contributed by atoms with E-state index in [-0.39, 0.29) is 39.7 Å². The van der Waals surface area contributed by atoms with Crippen LogP contribution in [0.2, 0.25) is 0 Å². The molecule has 1 spiro atoms. The molecule has 0 aromatic heterocycles. The molecule has 2 aliphatic heterocycles. The summed E-state index contributed by atoms with van der Waals surface area (Å²) in [5, 5.41) is 52.9. The van der Waals surface area contributed by atoms with Crippen molar-refractivity contribution in [2.75, 3.05) is 0 Å². The number of ether oxygens (including phenoxy) is 2. The third kappa shape index (κ3) is 2.54. The zero-order valence-electron chi connectivity index (χ0n) is 16.5. The van der Waals surface area contributed by atoms with Gasteiger partial charge in [-0.15, -0.1) is 0 Å². The Morgan fingerprint density at radius 1 is 0.882 bits per heavy atom. The van der Waals surface area contributed by atoms with Crippen molar-refractivity contribution in [2.45, 2.75) is 5.60 Å². The highest BCUT2D eigenvalue weighted by Gasteiger charge is 2.57. The van der Waals surface area contributed by atoms with Crippen LogP contribution in [-0.2, 0) is 10.3 Å². The van der Waals surface area contributed by atoms with Crippen molar-refractivity contribution in [2.24, 2.45) is 0 Å². The molecule has 13 nitrogen and oxygen atoms in total. The molecule has 3 aromatic carbocycles. The van der Waals surface area contributed by atoms with Gasteiger partial charge >= 0.3 is 23.3 Å². The summed E-state index contributed by atoms with van der Waals surface area (Å²) in [7, 11) is 0. The molecule has 0 aliphatic carbocycles. The predicted octanol–water partition coefficient (Wildman–Crippen LogP) is 3.18. The quantitative estimate of drug-likeness (QED) is 0.291. The Bertz CT molecular complexity index is 1440. The van der Waals surface area contributed by atoms with Gasteiger partial charge < -0.3 is 24.8 Å². The van der Waals surface area contributed by atoms with Crippen molar-refractivity contribution in [3.63, 3.8) is 0 Å². The van der Waals surface area contributed by atoms with Crippen molar-refractivity contribution in [1.29, 1.82) is 0 Å². The highest BCUT2D eigenvalue weighted by Crippen LogP contribution is 2.58. The van der Waals surface area contributed by atoms with Crippen LogP contribution in [0.3, 0.4) is 0 Å². The third-order valence-corrected chi connectivity index (χ3v) is 5.61. The average Bonchev–Trinajstić information content (AvgIpc) is 3.04. The Morgan fingerprint density at radius 3 is 1.91 bits per heavy atom. The van der Waals surface area contributed by atoms with Gasteiger partial charge in [-0.3, -0.25) is 20.2 Å². The van der Waals surface area contributed by atoms with Crippen LogP contribution in [0.4, 0.5) is 11.4 Å². The van der Waals surface area contributed by atoms with Crippen molar-refractivity contribution in [3.05, 3.63) is 90.5 Å². The number of carboxylic acids is 1. The monoisotopic (exact) mass is 466 g/mol. The lowest BCUT2D eigenvalue weighted by molar-refractivity contribution is -0.422. The second-order valence-corrected chi connectivity index (χ2v) is 7.39. The van der Waals surface area contributed by atoms with Crippen molar-refractivity contribution >= 4 is 23.3 Å². The van der Waals surface area contributed by atoms with Gasteiger partial charge in [0.15, 0.2) is 11.2 Å². The maximum absolute atomic E-state index is 13.1. The summed E-state index contributed by atoms with van der Waals surface area (Å²) >= 11 is 0. The maximum atomic E-state index is 13.1. The van der Waals surface area contributed by atoms with Crippen molar-refractivity contribution in [3.8, 4) is 23.0 Å². The van der Waals surface area contributed by atoms with E-state index in [1.54, 1.807) is 0 Å². The number of phenolic OH excluding ortho intramolecular Hbond substituents is 2. The largest absolute Gasteiger partial charge is 0.508 e. The molecule has 5 rings (SSSR count). The number of hydrogen-bond acceptors (Lipinski definition) is 10. The van der Waals surface area contributed by atoms with Gasteiger partial charge in [0.05, 0.1) is 15.4 Å². The van der Waals surface area contributed by atoms with Gasteiger partial charge in [0.1, 0.15) is 23.0 Å². The lowest BCUT2D eigenvalue weighted by Crippen LogP contribution is -2.33. The first kappa shape index (κ1) is 20.7. The van der Waals surface area contributed by atoms with Crippen LogP contribution in [0.1, 0.15) is 37.4 Å². The molecule has 170 valence electrons. The molecule has 0 bridgehead atoms. The first-order valence-corrected chi connectivity index (χ1v) is 9.38. The molecule has 3 N–H and O–H groups in total. The molecule has 0 atom stereocenters. The fourth-order valence-electron chi connectivity index (χ4n) is 4.36. The SMILES string of the molecule is O=C1OC2(c3ccc(O)cc3Oc3cc(O)ccc32)c2cc([N+](=O)[O-])c([N+](=O)[O-])c(C(=O)O)c21. The Labute approximate surface area is 187 Å². The minimum absolute atomic E-state index is 0.0587. The molecule has 0 amide bonds. The minimum atomic E-state index is -2.03. The van der Waals surface area contributed by atoms with Gasteiger partial charge in [-0.2, -0.15) is 0 Å². The molecule has 34 heavy (non-hydrogen) atoms. The highest BCUT2D eigenvalue weighted by atomic mass is 16.6. The number of carboxylic acid groups (broad SMARTS) is 1. The van der Waals surface area contributed by atoms with Gasteiger partial charge in [-0.25, -0.2) is 9.59 Å². The minimum Gasteiger partial charge on any atom is -0.508 e. The number of nitro groups is 2. The number of esters is 1. The summed E-state index contributed by atoms with van der Waals surface area (Å²) in [4.78, 5) is 46.0. The normalized spacial score (nSPS) is 14.4. The van der Waals surface area contributed by atoms with E-state index in [4.69, 9.17) is 9.47 Å². The van der Waals surface area contributed by atoms with E-state index in [0.717, 1.165) is 18.2 Å². The number of phenols is 2. The van der Waals surface area contributed by atoms with Crippen molar-refractivity contribution < 1.29 is 44.2 Å². The van der Waals surface area contributed by atoms with Crippen LogP contribution in [0.5, 0.6) is 23.0 Å². The second-order valence-electron chi connectivity index (χ2n) is 7.39. The molecule has 13 heteroatoms. The lowest BCUT2D eigenvalue weighted by atomic mass is 9.76. The summed E-state index contributed by atoms with van der Waals surface area (Å²) in [6, 6.07) is 8.09. The zero-order chi connectivity index (χ0) is 24.5. The number of aromatic carboxylic acids is 1. The number of fused-ring (bicyclic) bond motifs is 6. The molecule has 2 aliphatic rings. The summed E-state index contributed by atoms with van der Waals surface area (Å²) in [6.45, 7) is 0. The fourth-order valence-corrected chi connectivity index (χ4v) is 4.36. The molecular weight excluding hydrogens is 456 g/mol. The first-order chi connectivity index (χ1) is 16.1. The van der Waals surface area contributed by atoms with E-state index < -0.39 is 49.9 Å². The number of carbonyl (C=O) groups excluding carboxylic acids is 1. The van der Waals surface area contributed by atoms with Gasteiger partial charge in [0.2, 0.25) is 0 Å². The number of aromatic hydroxyl groups is 2. The smallest absolute Gasteiger partial charge is 0.361 e. The molecule has 3 aromatic rings. The zero-order valence-corrected chi connectivity index (χ0v) is 16.5. The van der Waals surface area contributed by atoms with Gasteiger partial charge in [0.25, 0.3) is 0 Å². The second kappa shape index (κ2) is 6.65. The van der Waals surface area contributed by atoms with Crippen LogP contribution in [0.25, 0.3) is 0 Å². The molecule has 0 radical (unpaired) electrons. The van der Waals surface area contributed by atoms with Gasteiger partial charge in [-0.1, -0.05) is 0 Å². The Balaban J connectivity index is 1.99. The highest BCUT2D eigenvalue weighted by molar-refractivity contribution is 6.10. The standard InChI is InChI=1S/C21H10N2O11/c24-8-1-3-10-14(5-8)33-15-6-9(25)2-4-11(15)21(10)12-7-13(22(29)30)18(23(31)32)17(19(26)27)16(12)20(28)34-21/h1-7,24-25H,(H,26,27). The number of carbonyl (C=O) groups is 2. The van der Waals surface area contributed by atoms with E-state index in [0.29, 0.717) is 0 Å². The predicted molar refractivity (Wildman–Crippen MR) is 108 cm³/mol. The van der Waals surface area contributed by atoms with E-state index >= 15 is 0 Å². The topological polar surface area (TPSA) is 200 Å². The van der Waals surface area contributed by atoms with E-state index in [9.17, 15) is 45.1 Å². The van der Waals surface area contributed by atoms with Crippen LogP contribution in [0, 0.1) is 20.2 Å². The number of nitrogens with zero attached hydrogens (tertiary/aromatic N) is 2. The Kier molecular flexibility index (Phi) is 4.05. The Hall–Kier alpha value is -5.20. The maximum Gasteiger partial charge on any atom is 0.361 e. The molecule has 0 saturated heterocycles. The molecule has 0 fully saturated rings. The fraction of sp³-hybridized carbons (Fsp3) is 0.0476. The summed E-state index contributed by atoms with van der Waals surface area (Å²) in [6.07, 6.45) is 0.